The third-order valence-electron chi connectivity index (χ3n) is 3.95. The Labute approximate surface area is 137 Å². The molecular weight excluding hydrogens is 302 g/mol. The molecule has 3 N–H and O–H groups in total. The molecule has 0 bridgehead atoms. The van der Waals surface area contributed by atoms with Crippen LogP contribution in [0.4, 0.5) is 0 Å². The van der Waals surface area contributed by atoms with Crippen LogP contribution in [-0.4, -0.2) is 29.0 Å². The van der Waals surface area contributed by atoms with Crippen LogP contribution in [-0.2, 0) is 0 Å². The first-order valence-electron chi connectivity index (χ1n) is 7.79. The fourth-order valence-electron chi connectivity index (χ4n) is 2.89. The molecule has 1 saturated carbocycles. The van der Waals surface area contributed by atoms with E-state index in [2.05, 4.69) is 17.1 Å². The molecule has 122 valence electrons. The molecular formula is C16H24ClN3O2. The highest BCUT2D eigenvalue weighted by Crippen LogP contribution is 2.37. The van der Waals surface area contributed by atoms with Crippen LogP contribution < -0.4 is 15.2 Å². The van der Waals surface area contributed by atoms with Crippen LogP contribution in [0.5, 0.6) is 11.5 Å². The number of halogens is 1. The maximum absolute atomic E-state index is 6.18. The predicted molar refractivity (Wildman–Crippen MR) is 90.0 cm³/mol. The standard InChI is InChI=1S/C16H23N3O2.ClH/c1-2-8-20-16-13-10-18-19-14(13)6-7-15(16)21-12-5-3-4-11(17)9-12;/h6-7,10-12H,2-5,8-9,17H2,1H3,(H,18,19);1H. The normalized spacial score (nSPS) is 21.4. The maximum atomic E-state index is 6.18. The minimum atomic E-state index is 0. The lowest BCUT2D eigenvalue weighted by Crippen LogP contribution is -2.33. The highest BCUT2D eigenvalue weighted by molar-refractivity contribution is 5.87. The van der Waals surface area contributed by atoms with Crippen LogP contribution in [0.2, 0.25) is 0 Å². The van der Waals surface area contributed by atoms with E-state index in [9.17, 15) is 0 Å². The van der Waals surface area contributed by atoms with Gasteiger partial charge in [0.2, 0.25) is 0 Å². The van der Waals surface area contributed by atoms with Crippen molar-refractivity contribution in [1.29, 1.82) is 0 Å². The number of aromatic amines is 1. The summed E-state index contributed by atoms with van der Waals surface area (Å²) in [6.45, 7) is 2.76. The Hall–Kier alpha value is -1.46. The predicted octanol–water partition coefficient (Wildman–Crippen LogP) is 3.42. The molecule has 0 radical (unpaired) electrons. The van der Waals surface area contributed by atoms with Gasteiger partial charge >= 0.3 is 0 Å². The van der Waals surface area contributed by atoms with E-state index in [-0.39, 0.29) is 24.6 Å². The topological polar surface area (TPSA) is 73.2 Å². The van der Waals surface area contributed by atoms with E-state index in [1.165, 1.54) is 0 Å². The number of rotatable bonds is 5. The van der Waals surface area contributed by atoms with Gasteiger partial charge < -0.3 is 15.2 Å². The zero-order chi connectivity index (χ0) is 14.7. The number of hydrogen-bond acceptors (Lipinski definition) is 4. The Bertz CT molecular complexity index is 602. The number of hydrogen-bond donors (Lipinski definition) is 2. The molecule has 5 nitrogen and oxygen atoms in total. The van der Waals surface area contributed by atoms with Crippen LogP contribution in [0.3, 0.4) is 0 Å². The number of nitrogens with two attached hydrogens (primary N) is 1. The number of ether oxygens (including phenoxy) is 2. The Morgan fingerprint density at radius 1 is 1.36 bits per heavy atom. The first-order chi connectivity index (χ1) is 10.3. The van der Waals surface area contributed by atoms with Crippen molar-refractivity contribution >= 4 is 23.3 Å². The molecule has 3 rings (SSSR count). The van der Waals surface area contributed by atoms with E-state index in [0.717, 1.165) is 54.5 Å². The monoisotopic (exact) mass is 325 g/mol. The molecule has 1 heterocycles. The fraction of sp³-hybridized carbons (Fsp3) is 0.562. The molecule has 2 atom stereocenters. The van der Waals surface area contributed by atoms with Gasteiger partial charge in [0.1, 0.15) is 6.10 Å². The molecule has 1 aromatic heterocycles. The summed E-state index contributed by atoms with van der Waals surface area (Å²) >= 11 is 0. The average molecular weight is 326 g/mol. The first kappa shape index (κ1) is 16.9. The van der Waals surface area contributed by atoms with Gasteiger partial charge in [0.05, 0.1) is 23.7 Å². The summed E-state index contributed by atoms with van der Waals surface area (Å²) in [5, 5.41) is 8.03. The smallest absolute Gasteiger partial charge is 0.172 e. The quantitative estimate of drug-likeness (QED) is 0.883. The van der Waals surface area contributed by atoms with Gasteiger partial charge in [-0.25, -0.2) is 0 Å². The lowest BCUT2D eigenvalue weighted by molar-refractivity contribution is 0.138. The summed E-state index contributed by atoms with van der Waals surface area (Å²) in [5.41, 5.74) is 7.01. The second-order valence-corrected chi connectivity index (χ2v) is 5.74. The van der Waals surface area contributed by atoms with Crippen LogP contribution in [0.25, 0.3) is 10.9 Å². The highest BCUT2D eigenvalue weighted by Gasteiger charge is 2.22. The van der Waals surface area contributed by atoms with Gasteiger partial charge in [0, 0.05) is 6.04 Å². The number of nitrogens with zero attached hydrogens (tertiary/aromatic N) is 1. The molecule has 6 heteroatoms. The minimum Gasteiger partial charge on any atom is -0.489 e. The Kier molecular flexibility index (Phi) is 5.91. The molecule has 1 fully saturated rings. The Morgan fingerprint density at radius 3 is 3.00 bits per heavy atom. The number of benzene rings is 1. The van der Waals surface area contributed by atoms with Crippen LogP contribution in [0.15, 0.2) is 18.3 Å². The van der Waals surface area contributed by atoms with Crippen molar-refractivity contribution in [3.63, 3.8) is 0 Å². The van der Waals surface area contributed by atoms with Crippen molar-refractivity contribution < 1.29 is 9.47 Å². The highest BCUT2D eigenvalue weighted by atomic mass is 35.5. The molecule has 0 aliphatic heterocycles. The maximum Gasteiger partial charge on any atom is 0.172 e. The Balaban J connectivity index is 0.00000176. The van der Waals surface area contributed by atoms with Gasteiger partial charge in [0.25, 0.3) is 0 Å². The lowest BCUT2D eigenvalue weighted by atomic mass is 9.93. The van der Waals surface area contributed by atoms with Crippen LogP contribution in [0, 0.1) is 0 Å². The van der Waals surface area contributed by atoms with Gasteiger partial charge in [-0.3, -0.25) is 5.10 Å². The zero-order valence-corrected chi connectivity index (χ0v) is 13.7. The molecule has 1 aliphatic carbocycles. The van der Waals surface area contributed by atoms with Crippen molar-refractivity contribution in [2.45, 2.75) is 51.2 Å². The molecule has 2 unspecified atom stereocenters. The van der Waals surface area contributed by atoms with Crippen LogP contribution in [0.1, 0.15) is 39.0 Å². The van der Waals surface area contributed by atoms with Gasteiger partial charge in [-0.2, -0.15) is 5.10 Å². The molecule has 22 heavy (non-hydrogen) atoms. The van der Waals surface area contributed by atoms with Crippen molar-refractivity contribution in [3.05, 3.63) is 18.3 Å². The number of aromatic nitrogens is 2. The van der Waals surface area contributed by atoms with E-state index in [1.807, 2.05) is 12.1 Å². The van der Waals surface area contributed by atoms with Crippen LogP contribution >= 0.6 is 12.4 Å². The van der Waals surface area contributed by atoms with Gasteiger partial charge in [-0.05, 0) is 44.2 Å². The molecule has 1 aromatic carbocycles. The van der Waals surface area contributed by atoms with E-state index in [0.29, 0.717) is 6.61 Å². The number of fused-ring (bicyclic) bond motifs is 1. The van der Waals surface area contributed by atoms with Crippen molar-refractivity contribution in [3.8, 4) is 11.5 Å². The second kappa shape index (κ2) is 7.70. The second-order valence-electron chi connectivity index (χ2n) is 5.74. The number of H-pyrrole nitrogens is 1. The Morgan fingerprint density at radius 2 is 2.23 bits per heavy atom. The third kappa shape index (κ3) is 3.65. The minimum absolute atomic E-state index is 0. The summed E-state index contributed by atoms with van der Waals surface area (Å²) in [5.74, 6) is 1.60. The summed E-state index contributed by atoms with van der Waals surface area (Å²) in [7, 11) is 0. The fourth-order valence-corrected chi connectivity index (χ4v) is 2.89. The first-order valence-corrected chi connectivity index (χ1v) is 7.79. The van der Waals surface area contributed by atoms with E-state index < -0.39 is 0 Å². The zero-order valence-electron chi connectivity index (χ0n) is 12.9. The summed E-state index contributed by atoms with van der Waals surface area (Å²) in [6, 6.07) is 4.20. The third-order valence-corrected chi connectivity index (χ3v) is 3.95. The van der Waals surface area contributed by atoms with Gasteiger partial charge in [-0.15, -0.1) is 12.4 Å². The summed E-state index contributed by atoms with van der Waals surface area (Å²) < 4.78 is 12.1. The summed E-state index contributed by atoms with van der Waals surface area (Å²) in [6.07, 6.45) is 7.13. The average Bonchev–Trinajstić information content (AvgIpc) is 2.95. The summed E-state index contributed by atoms with van der Waals surface area (Å²) in [4.78, 5) is 0. The molecule has 0 amide bonds. The largest absolute Gasteiger partial charge is 0.489 e. The molecule has 0 saturated heterocycles. The van der Waals surface area contributed by atoms with Gasteiger partial charge in [0.15, 0.2) is 11.5 Å². The van der Waals surface area contributed by atoms with E-state index in [4.69, 9.17) is 15.2 Å². The van der Waals surface area contributed by atoms with Crippen molar-refractivity contribution in [2.75, 3.05) is 6.61 Å². The van der Waals surface area contributed by atoms with Crippen molar-refractivity contribution in [2.24, 2.45) is 5.73 Å². The lowest BCUT2D eigenvalue weighted by Gasteiger charge is -2.28. The number of nitrogens with one attached hydrogen (secondary N) is 1. The van der Waals surface area contributed by atoms with Gasteiger partial charge in [-0.1, -0.05) is 6.92 Å². The molecule has 0 spiro atoms. The van der Waals surface area contributed by atoms with E-state index >= 15 is 0 Å². The SMILES string of the molecule is CCCOc1c(OC2CCCC(N)C2)ccc2[nH]ncc12.Cl. The van der Waals surface area contributed by atoms with Crippen molar-refractivity contribution in [1.82, 2.24) is 10.2 Å². The van der Waals surface area contributed by atoms with E-state index in [1.54, 1.807) is 6.20 Å². The molecule has 2 aromatic rings. The molecule has 1 aliphatic rings.